The highest BCUT2D eigenvalue weighted by atomic mass is 35.5. The Bertz CT molecular complexity index is 1180. The maximum Gasteiger partial charge on any atom is 0.317 e. The second-order valence-corrected chi connectivity index (χ2v) is 11.8. The summed E-state index contributed by atoms with van der Waals surface area (Å²) in [5.74, 6) is -1.02. The van der Waals surface area contributed by atoms with Crippen molar-refractivity contribution in [2.45, 2.75) is 58.1 Å². The molecule has 2 unspecified atom stereocenters. The van der Waals surface area contributed by atoms with E-state index in [0.717, 1.165) is 0 Å². The van der Waals surface area contributed by atoms with E-state index in [-0.39, 0.29) is 35.5 Å². The Kier molecular flexibility index (Phi) is 9.13. The Morgan fingerprint density at radius 3 is 2.62 bits per heavy atom. The number of nitrogens with zero attached hydrogens (tertiary/aromatic N) is 2. The number of benzene rings is 2. The molecule has 9 heteroatoms. The highest BCUT2D eigenvalue weighted by Gasteiger charge is 2.59. The number of urea groups is 1. The predicted octanol–water partition coefficient (Wildman–Crippen LogP) is 5.76. The molecule has 1 aliphatic rings. The Morgan fingerprint density at radius 1 is 1.32 bits per heavy atom. The van der Waals surface area contributed by atoms with Gasteiger partial charge in [-0.05, 0) is 54.5 Å². The minimum absolute atomic E-state index is 0.122. The summed E-state index contributed by atoms with van der Waals surface area (Å²) in [4.78, 5) is 15.2. The summed E-state index contributed by atoms with van der Waals surface area (Å²) in [5.41, 5.74) is -0.108. The van der Waals surface area contributed by atoms with Crippen molar-refractivity contribution >= 4 is 29.2 Å². The first-order valence-electron chi connectivity index (χ1n) is 12.3. The second kappa shape index (κ2) is 11.6. The quantitative estimate of drug-likeness (QED) is 0.408. The van der Waals surface area contributed by atoms with Crippen LogP contribution in [0.15, 0.2) is 36.4 Å². The summed E-state index contributed by atoms with van der Waals surface area (Å²) >= 11 is 12.6. The zero-order chi connectivity index (χ0) is 27.5. The number of amides is 2. The van der Waals surface area contributed by atoms with Crippen molar-refractivity contribution in [3.63, 3.8) is 0 Å². The zero-order valence-electron chi connectivity index (χ0n) is 21.6. The van der Waals surface area contributed by atoms with Gasteiger partial charge in [0, 0.05) is 34.6 Å². The van der Waals surface area contributed by atoms with Gasteiger partial charge >= 0.3 is 6.03 Å². The fourth-order valence-electron chi connectivity index (χ4n) is 5.40. The van der Waals surface area contributed by atoms with Crippen LogP contribution in [0.5, 0.6) is 0 Å². The summed E-state index contributed by atoms with van der Waals surface area (Å²) < 4.78 is 15.6. The molecule has 0 aliphatic carbocycles. The minimum Gasteiger partial charge on any atom is -0.394 e. The number of rotatable bonds is 7. The molecule has 2 aromatic rings. The number of aliphatic hydroxyl groups excluding tert-OH is 2. The lowest BCUT2D eigenvalue weighted by molar-refractivity contribution is 0.0881. The van der Waals surface area contributed by atoms with Crippen molar-refractivity contribution in [3.05, 3.63) is 69.0 Å². The molecule has 3 rings (SSSR count). The van der Waals surface area contributed by atoms with Gasteiger partial charge < -0.3 is 20.4 Å². The molecule has 6 nitrogen and oxygen atoms in total. The van der Waals surface area contributed by atoms with Crippen LogP contribution in [-0.2, 0) is 5.41 Å². The average Bonchev–Trinajstić information content (AvgIpc) is 3.13. The number of nitrogens with one attached hydrogen (secondary N) is 1. The molecule has 2 amide bonds. The van der Waals surface area contributed by atoms with E-state index in [1.807, 2.05) is 33.8 Å². The van der Waals surface area contributed by atoms with Crippen molar-refractivity contribution < 1.29 is 19.4 Å². The van der Waals surface area contributed by atoms with Crippen LogP contribution in [0.25, 0.3) is 0 Å². The smallest absolute Gasteiger partial charge is 0.317 e. The van der Waals surface area contributed by atoms with Crippen molar-refractivity contribution in [2.75, 3.05) is 19.7 Å². The normalized spacial score (nSPS) is 22.5. The molecule has 0 bridgehead atoms. The summed E-state index contributed by atoms with van der Waals surface area (Å²) in [6.45, 7) is 7.88. The maximum atomic E-state index is 15.6. The van der Waals surface area contributed by atoms with Crippen molar-refractivity contribution in [1.82, 2.24) is 10.2 Å². The maximum absolute atomic E-state index is 15.6. The Morgan fingerprint density at radius 2 is 2.03 bits per heavy atom. The number of carbonyl (C=O) groups excluding carboxylic acids is 1. The number of aliphatic hydroxyl groups is 2. The molecule has 1 aliphatic heterocycles. The number of hydrogen-bond acceptors (Lipinski definition) is 4. The topological polar surface area (TPSA) is 96.6 Å². The van der Waals surface area contributed by atoms with E-state index in [9.17, 15) is 15.2 Å². The van der Waals surface area contributed by atoms with Gasteiger partial charge in [-0.2, -0.15) is 5.26 Å². The van der Waals surface area contributed by atoms with Crippen molar-refractivity contribution in [1.29, 1.82) is 5.26 Å². The van der Waals surface area contributed by atoms with Crippen LogP contribution in [0.3, 0.4) is 0 Å². The fourth-order valence-corrected chi connectivity index (χ4v) is 5.74. The van der Waals surface area contributed by atoms with Crippen LogP contribution >= 0.6 is 23.2 Å². The molecule has 0 aromatic heterocycles. The zero-order valence-corrected chi connectivity index (χ0v) is 23.1. The summed E-state index contributed by atoms with van der Waals surface area (Å²) in [5, 5.41) is 33.2. The van der Waals surface area contributed by atoms with Crippen molar-refractivity contribution in [2.24, 2.45) is 11.3 Å². The highest BCUT2D eigenvalue weighted by Crippen LogP contribution is 2.56. The molecule has 1 fully saturated rings. The van der Waals surface area contributed by atoms with Crippen LogP contribution in [0.2, 0.25) is 10.0 Å². The predicted molar refractivity (Wildman–Crippen MR) is 143 cm³/mol. The molecule has 4 atom stereocenters. The minimum atomic E-state index is -1.43. The molecule has 37 heavy (non-hydrogen) atoms. The van der Waals surface area contributed by atoms with E-state index in [1.54, 1.807) is 29.2 Å². The third-order valence-electron chi connectivity index (χ3n) is 7.05. The van der Waals surface area contributed by atoms with Gasteiger partial charge in [-0.3, -0.25) is 0 Å². The highest BCUT2D eigenvalue weighted by molar-refractivity contribution is 6.31. The molecule has 2 aromatic carbocycles. The molecule has 3 N–H and O–H groups in total. The van der Waals surface area contributed by atoms with Crippen LogP contribution in [-0.4, -0.2) is 46.9 Å². The van der Waals surface area contributed by atoms with E-state index in [2.05, 4.69) is 11.4 Å². The summed E-state index contributed by atoms with van der Waals surface area (Å²) in [7, 11) is 0. The monoisotopic (exact) mass is 549 g/mol. The third-order valence-corrected chi connectivity index (χ3v) is 7.70. The number of carbonyl (C=O) groups is 1. The summed E-state index contributed by atoms with van der Waals surface area (Å²) in [6, 6.07) is 10.8. The van der Waals surface area contributed by atoms with E-state index >= 15 is 4.39 Å². The number of hydrogen-bond donors (Lipinski definition) is 3. The number of likely N-dealkylation sites (tertiary alicyclic amines) is 1. The van der Waals surface area contributed by atoms with Gasteiger partial charge in [-0.1, -0.05) is 62.2 Å². The van der Waals surface area contributed by atoms with Gasteiger partial charge in [0.25, 0.3) is 0 Å². The molecular weight excluding hydrogens is 516 g/mol. The molecule has 0 saturated carbocycles. The SMILES string of the molecule is Cc1c(Cl)cccc1[C@H]1N(C(=O)NCCC(O)CO)C[C@@H](CC(C)(C)C)C1(C#N)c1ccc(Cl)cc1F. The lowest BCUT2D eigenvalue weighted by Crippen LogP contribution is -2.44. The lowest BCUT2D eigenvalue weighted by atomic mass is 9.63. The van der Waals surface area contributed by atoms with Crippen LogP contribution in [0, 0.1) is 35.4 Å². The van der Waals surface area contributed by atoms with E-state index in [4.69, 9.17) is 28.3 Å². The van der Waals surface area contributed by atoms with Gasteiger partial charge in [0.05, 0.1) is 24.8 Å². The average molecular weight is 551 g/mol. The molecule has 1 saturated heterocycles. The van der Waals surface area contributed by atoms with Gasteiger partial charge in [0.2, 0.25) is 0 Å². The van der Waals surface area contributed by atoms with Gasteiger partial charge in [-0.25, -0.2) is 9.18 Å². The third kappa shape index (κ3) is 6.04. The molecule has 0 radical (unpaired) electrons. The second-order valence-electron chi connectivity index (χ2n) is 10.9. The van der Waals surface area contributed by atoms with Gasteiger partial charge in [0.1, 0.15) is 11.2 Å². The van der Waals surface area contributed by atoms with Crippen LogP contribution < -0.4 is 5.32 Å². The lowest BCUT2D eigenvalue weighted by Gasteiger charge is -2.38. The first-order chi connectivity index (χ1) is 17.4. The Balaban J connectivity index is 2.24. The van der Waals surface area contributed by atoms with E-state index in [1.165, 1.54) is 6.07 Å². The Labute approximate surface area is 228 Å². The number of nitriles is 1. The first-order valence-corrected chi connectivity index (χ1v) is 13.1. The van der Waals surface area contributed by atoms with Gasteiger partial charge in [-0.15, -0.1) is 0 Å². The molecule has 1 heterocycles. The first kappa shape index (κ1) is 29.2. The van der Waals surface area contributed by atoms with Crippen molar-refractivity contribution in [3.8, 4) is 6.07 Å². The number of halogens is 3. The standard InChI is InChI=1S/C28H34Cl2FN3O3/c1-17-21(6-5-7-23(17)30)25-28(16-32,22-9-8-19(29)12-24(22)31)18(13-27(2,3)4)14-34(25)26(37)33-11-10-20(36)15-35/h5-9,12,18,20,25,35-36H,10-11,13-15H2,1-4H3,(H,33,37)/t18-,20?,25-,28?/m1/s1. The van der Waals surface area contributed by atoms with Gasteiger partial charge in [0.15, 0.2) is 0 Å². The van der Waals surface area contributed by atoms with Crippen LogP contribution in [0.4, 0.5) is 9.18 Å². The van der Waals surface area contributed by atoms with E-state index < -0.39 is 41.9 Å². The van der Waals surface area contributed by atoms with E-state index in [0.29, 0.717) is 22.6 Å². The Hall–Kier alpha value is -2.37. The molecule has 0 spiro atoms. The van der Waals surface area contributed by atoms with Crippen LogP contribution in [0.1, 0.15) is 56.3 Å². The summed E-state index contributed by atoms with van der Waals surface area (Å²) in [6.07, 6.45) is -0.247. The molecular formula is C28H34Cl2FN3O3. The fraction of sp³-hybridized carbons (Fsp3) is 0.500. The molecule has 200 valence electrons. The largest absolute Gasteiger partial charge is 0.394 e.